The van der Waals surface area contributed by atoms with Gasteiger partial charge in [0.2, 0.25) is 0 Å². The van der Waals surface area contributed by atoms with Crippen LogP contribution in [0.5, 0.6) is 0 Å². The summed E-state index contributed by atoms with van der Waals surface area (Å²) in [5.41, 5.74) is 12.2. The van der Waals surface area contributed by atoms with Crippen LogP contribution >= 0.6 is 0 Å². The van der Waals surface area contributed by atoms with Crippen molar-refractivity contribution in [2.45, 2.75) is 32.6 Å². The van der Waals surface area contributed by atoms with Crippen molar-refractivity contribution in [3.05, 3.63) is 35.0 Å². The van der Waals surface area contributed by atoms with Crippen LogP contribution in [0.3, 0.4) is 0 Å². The lowest BCUT2D eigenvalue weighted by Gasteiger charge is -2.10. The molecule has 0 saturated carbocycles. The first kappa shape index (κ1) is 9.64. The van der Waals surface area contributed by atoms with Gasteiger partial charge in [0.1, 0.15) is 0 Å². The second-order valence-electron chi connectivity index (χ2n) is 4.47. The van der Waals surface area contributed by atoms with E-state index < -0.39 is 0 Å². The lowest BCUT2D eigenvalue weighted by Crippen LogP contribution is -2.00. The molecule has 0 radical (unpaired) electrons. The zero-order valence-electron chi connectivity index (χ0n) is 9.59. The molecule has 2 nitrogen and oxygen atoms in total. The third-order valence-electron chi connectivity index (χ3n) is 3.55. The molecule has 1 aliphatic carbocycles. The van der Waals surface area contributed by atoms with Crippen molar-refractivity contribution in [3.63, 3.8) is 0 Å². The summed E-state index contributed by atoms with van der Waals surface area (Å²) in [5, 5.41) is 1.14. The molecule has 1 aromatic carbocycles. The van der Waals surface area contributed by atoms with Gasteiger partial charge in [-0.1, -0.05) is 25.1 Å². The van der Waals surface area contributed by atoms with E-state index in [1.165, 1.54) is 23.2 Å². The summed E-state index contributed by atoms with van der Waals surface area (Å²) in [6.07, 6.45) is 4.40. The Hall–Kier alpha value is -1.57. The monoisotopic (exact) mass is 212 g/mol. The number of nitrogens with two attached hydrogens (primary N) is 1. The first-order chi connectivity index (χ1) is 7.81. The number of nitrogens with zero attached hydrogens (tertiary/aromatic N) is 1. The molecular weight excluding hydrogens is 196 g/mol. The highest BCUT2D eigenvalue weighted by Crippen LogP contribution is 2.32. The summed E-state index contributed by atoms with van der Waals surface area (Å²) in [6, 6.07) is 6.33. The molecule has 0 atom stereocenters. The summed E-state index contributed by atoms with van der Waals surface area (Å²) in [6.45, 7) is 2.17. The zero-order chi connectivity index (χ0) is 11.1. The van der Waals surface area contributed by atoms with Gasteiger partial charge < -0.3 is 5.73 Å². The number of hydrogen-bond acceptors (Lipinski definition) is 2. The molecule has 0 amide bonds. The minimum Gasteiger partial charge on any atom is -0.398 e. The van der Waals surface area contributed by atoms with Gasteiger partial charge in [0.05, 0.1) is 5.52 Å². The number of para-hydroxylation sites is 1. The van der Waals surface area contributed by atoms with Crippen LogP contribution in [-0.4, -0.2) is 4.98 Å². The Morgan fingerprint density at radius 3 is 3.00 bits per heavy atom. The first-order valence-electron chi connectivity index (χ1n) is 6.00. The molecule has 82 valence electrons. The van der Waals surface area contributed by atoms with E-state index in [2.05, 4.69) is 25.1 Å². The van der Waals surface area contributed by atoms with Crippen LogP contribution in [0.4, 0.5) is 5.69 Å². The summed E-state index contributed by atoms with van der Waals surface area (Å²) < 4.78 is 0. The highest BCUT2D eigenvalue weighted by Gasteiger charge is 2.18. The number of anilines is 1. The number of nitrogen functional groups attached to an aromatic ring is 1. The molecule has 3 rings (SSSR count). The number of pyridine rings is 1. The molecule has 0 unspecified atom stereocenters. The standard InChI is InChI=1S/C14H16N2/c1-2-9-5-3-7-11-13(15)10-6-4-8-12(10)16-14(9)11/h3,5,7H,2,4,6,8H2,1H3,(H2,15,16). The van der Waals surface area contributed by atoms with E-state index in [0.717, 1.165) is 35.9 Å². The Morgan fingerprint density at radius 2 is 2.19 bits per heavy atom. The highest BCUT2D eigenvalue weighted by atomic mass is 14.7. The molecule has 2 N–H and O–H groups in total. The Labute approximate surface area is 95.5 Å². The molecule has 0 bridgehead atoms. The normalized spacial score (nSPS) is 14.3. The van der Waals surface area contributed by atoms with Crippen LogP contribution < -0.4 is 5.73 Å². The minimum atomic E-state index is 0.966. The van der Waals surface area contributed by atoms with Crippen molar-refractivity contribution in [1.29, 1.82) is 0 Å². The van der Waals surface area contributed by atoms with Crippen LogP contribution in [-0.2, 0) is 19.3 Å². The van der Waals surface area contributed by atoms with Crippen molar-refractivity contribution in [3.8, 4) is 0 Å². The maximum Gasteiger partial charge on any atom is 0.0758 e. The molecular formula is C14H16N2. The SMILES string of the molecule is CCc1cccc2c(N)c3c(nc12)CCC3. The molecule has 2 aromatic rings. The van der Waals surface area contributed by atoms with Gasteiger partial charge in [-0.25, -0.2) is 0 Å². The topological polar surface area (TPSA) is 38.9 Å². The summed E-state index contributed by atoms with van der Waals surface area (Å²) in [5.74, 6) is 0. The van der Waals surface area contributed by atoms with Gasteiger partial charge in [0.25, 0.3) is 0 Å². The molecule has 0 saturated heterocycles. The van der Waals surface area contributed by atoms with E-state index >= 15 is 0 Å². The van der Waals surface area contributed by atoms with E-state index in [9.17, 15) is 0 Å². The number of aromatic nitrogens is 1. The number of rotatable bonds is 1. The van der Waals surface area contributed by atoms with Gasteiger partial charge in [-0.3, -0.25) is 4.98 Å². The van der Waals surface area contributed by atoms with E-state index in [-0.39, 0.29) is 0 Å². The van der Waals surface area contributed by atoms with Crippen LogP contribution in [0.1, 0.15) is 30.2 Å². The molecule has 0 fully saturated rings. The third kappa shape index (κ3) is 1.22. The number of fused-ring (bicyclic) bond motifs is 2. The predicted molar refractivity (Wildman–Crippen MR) is 67.6 cm³/mol. The smallest absolute Gasteiger partial charge is 0.0758 e. The molecule has 1 heterocycles. The van der Waals surface area contributed by atoms with Crippen LogP contribution in [0, 0.1) is 0 Å². The number of aryl methyl sites for hydroxylation is 2. The average Bonchev–Trinajstić information content (AvgIpc) is 2.77. The fraction of sp³-hybridized carbons (Fsp3) is 0.357. The van der Waals surface area contributed by atoms with E-state index in [4.69, 9.17) is 10.7 Å². The third-order valence-corrected chi connectivity index (χ3v) is 3.55. The Kier molecular flexibility index (Phi) is 2.10. The fourth-order valence-corrected chi connectivity index (χ4v) is 2.66. The molecule has 1 aliphatic rings. The minimum absolute atomic E-state index is 0.966. The molecule has 2 heteroatoms. The van der Waals surface area contributed by atoms with Crippen LogP contribution in [0.2, 0.25) is 0 Å². The Balaban J connectivity index is 2.41. The lowest BCUT2D eigenvalue weighted by atomic mass is 10.0. The van der Waals surface area contributed by atoms with Crippen molar-refractivity contribution in [1.82, 2.24) is 4.98 Å². The average molecular weight is 212 g/mol. The summed E-state index contributed by atoms with van der Waals surface area (Å²) in [4.78, 5) is 4.81. The van der Waals surface area contributed by atoms with Gasteiger partial charge in [-0.15, -0.1) is 0 Å². The maximum absolute atomic E-state index is 6.25. The zero-order valence-corrected chi connectivity index (χ0v) is 9.59. The second kappa shape index (κ2) is 3.48. The molecule has 16 heavy (non-hydrogen) atoms. The Bertz CT molecular complexity index is 558. The molecule has 1 aromatic heterocycles. The lowest BCUT2D eigenvalue weighted by molar-refractivity contribution is 0.901. The van der Waals surface area contributed by atoms with Crippen molar-refractivity contribution in [2.24, 2.45) is 0 Å². The number of benzene rings is 1. The van der Waals surface area contributed by atoms with Gasteiger partial charge in [-0.05, 0) is 36.8 Å². The van der Waals surface area contributed by atoms with Gasteiger partial charge in [0.15, 0.2) is 0 Å². The van der Waals surface area contributed by atoms with Crippen molar-refractivity contribution >= 4 is 16.6 Å². The summed E-state index contributed by atoms with van der Waals surface area (Å²) >= 11 is 0. The van der Waals surface area contributed by atoms with Crippen molar-refractivity contribution < 1.29 is 0 Å². The van der Waals surface area contributed by atoms with E-state index in [1.54, 1.807) is 0 Å². The Morgan fingerprint density at radius 1 is 1.31 bits per heavy atom. The first-order valence-corrected chi connectivity index (χ1v) is 6.00. The van der Waals surface area contributed by atoms with Gasteiger partial charge in [0, 0.05) is 16.8 Å². The molecule has 0 spiro atoms. The highest BCUT2D eigenvalue weighted by molar-refractivity contribution is 5.94. The second-order valence-corrected chi connectivity index (χ2v) is 4.47. The van der Waals surface area contributed by atoms with Crippen LogP contribution in [0.15, 0.2) is 18.2 Å². The molecule has 0 aliphatic heterocycles. The predicted octanol–water partition coefficient (Wildman–Crippen LogP) is 2.87. The largest absolute Gasteiger partial charge is 0.398 e. The summed E-state index contributed by atoms with van der Waals surface area (Å²) in [7, 11) is 0. The quantitative estimate of drug-likeness (QED) is 0.789. The van der Waals surface area contributed by atoms with Crippen LogP contribution in [0.25, 0.3) is 10.9 Å². The van der Waals surface area contributed by atoms with E-state index in [1.807, 2.05) is 0 Å². The van der Waals surface area contributed by atoms with Gasteiger partial charge >= 0.3 is 0 Å². The van der Waals surface area contributed by atoms with E-state index in [0.29, 0.717) is 0 Å². The van der Waals surface area contributed by atoms with Crippen molar-refractivity contribution in [2.75, 3.05) is 5.73 Å². The number of hydrogen-bond donors (Lipinski definition) is 1. The maximum atomic E-state index is 6.25. The fourth-order valence-electron chi connectivity index (χ4n) is 2.66. The van der Waals surface area contributed by atoms with Gasteiger partial charge in [-0.2, -0.15) is 0 Å².